The van der Waals surface area contributed by atoms with E-state index in [0.29, 0.717) is 25.7 Å². The fraction of sp³-hybridized carbons (Fsp3) is 0.973. The minimum Gasteiger partial charge on any atom is -0.481 e. The minimum atomic E-state index is -1.56. The van der Waals surface area contributed by atoms with Crippen LogP contribution in [0.15, 0.2) is 0 Å². The van der Waals surface area contributed by atoms with E-state index >= 15 is 0 Å². The molecule has 2 unspecified atom stereocenters. The molecule has 1 spiro atoms. The largest absolute Gasteiger partial charge is 0.481 e. The van der Waals surface area contributed by atoms with Gasteiger partial charge in [-0.1, -0.05) is 41.5 Å². The van der Waals surface area contributed by atoms with Crippen LogP contribution in [-0.2, 0) is 33.2 Å². The average molecular weight is 685 g/mol. The topological polar surface area (TPSA) is 153 Å². The maximum atomic E-state index is 11.3. The van der Waals surface area contributed by atoms with Gasteiger partial charge in [0.15, 0.2) is 11.6 Å². The Morgan fingerprint density at radius 3 is 2.42 bits per heavy atom. The number of aliphatic carboxylic acids is 1. The molecule has 0 aromatic heterocycles. The SMILES string of the molecule is CC[C@@]1([C@@H]2O[C@@H]([C@H]3O[C@@](O)(CO)[C@H](C)C[C@@H]3C)C[C@@H]2C)CC[C@H]([C@]2(C)CC[C@]3(C[C@H](O)[C@@H](C)[C@@H](C(C)C(CCCC(=O)O)OC)O3)O2)O1. The monoisotopic (exact) mass is 684 g/mol. The fourth-order valence-electron chi connectivity index (χ4n) is 9.97. The fourth-order valence-corrected chi connectivity index (χ4v) is 9.97. The third-order valence-corrected chi connectivity index (χ3v) is 13.1. The molecule has 11 heteroatoms. The molecule has 0 aromatic rings. The number of hydrogen-bond acceptors (Lipinski definition) is 10. The van der Waals surface area contributed by atoms with E-state index in [2.05, 4.69) is 34.6 Å². The molecule has 5 fully saturated rings. The van der Waals surface area contributed by atoms with Gasteiger partial charge in [0.2, 0.25) is 0 Å². The van der Waals surface area contributed by atoms with Crippen molar-refractivity contribution in [3.8, 4) is 0 Å². The molecule has 11 nitrogen and oxygen atoms in total. The van der Waals surface area contributed by atoms with Crippen molar-refractivity contribution in [2.75, 3.05) is 13.7 Å². The first kappa shape index (κ1) is 38.3. The number of aliphatic hydroxyl groups is 3. The van der Waals surface area contributed by atoms with E-state index in [4.69, 9.17) is 33.5 Å². The number of methoxy groups -OCH3 is 1. The Bertz CT molecular complexity index is 1110. The van der Waals surface area contributed by atoms with Gasteiger partial charge in [-0.2, -0.15) is 0 Å². The summed E-state index contributed by atoms with van der Waals surface area (Å²) in [5.74, 6) is -3.27. The predicted octanol–water partition coefficient (Wildman–Crippen LogP) is 4.81. The van der Waals surface area contributed by atoms with E-state index < -0.39 is 41.5 Å². The number of ether oxygens (including phenoxy) is 6. The zero-order valence-corrected chi connectivity index (χ0v) is 30.6. The first-order valence-corrected chi connectivity index (χ1v) is 18.7. The molecule has 5 rings (SSSR count). The minimum absolute atomic E-state index is 0.0714. The molecule has 0 aliphatic carbocycles. The maximum Gasteiger partial charge on any atom is 0.303 e. The van der Waals surface area contributed by atoms with Crippen LogP contribution in [0.3, 0.4) is 0 Å². The van der Waals surface area contributed by atoms with Crippen LogP contribution >= 0.6 is 0 Å². The predicted molar refractivity (Wildman–Crippen MR) is 177 cm³/mol. The molecule has 5 aliphatic heterocycles. The summed E-state index contributed by atoms with van der Waals surface area (Å²) in [5, 5.41) is 41.3. The molecule has 278 valence electrons. The Hall–Kier alpha value is -0.890. The Morgan fingerprint density at radius 1 is 1.04 bits per heavy atom. The number of hydrogen-bond donors (Lipinski definition) is 4. The molecule has 5 aliphatic rings. The Morgan fingerprint density at radius 2 is 1.77 bits per heavy atom. The highest BCUT2D eigenvalue weighted by molar-refractivity contribution is 5.66. The highest BCUT2D eigenvalue weighted by atomic mass is 16.7. The molecule has 5 saturated heterocycles. The van der Waals surface area contributed by atoms with Gasteiger partial charge in [-0.05, 0) is 70.1 Å². The normalized spacial score (nSPS) is 49.4. The van der Waals surface area contributed by atoms with Gasteiger partial charge in [0, 0.05) is 44.1 Å². The highest BCUT2D eigenvalue weighted by Crippen LogP contribution is 2.55. The summed E-state index contributed by atoms with van der Waals surface area (Å²) in [6.45, 7) is 14.2. The third-order valence-electron chi connectivity index (χ3n) is 13.1. The Labute approximate surface area is 287 Å². The van der Waals surface area contributed by atoms with Gasteiger partial charge in [0.1, 0.15) is 0 Å². The van der Waals surface area contributed by atoms with E-state index in [0.717, 1.165) is 38.5 Å². The zero-order valence-electron chi connectivity index (χ0n) is 30.6. The second-order valence-electron chi connectivity index (χ2n) is 16.5. The quantitative estimate of drug-likeness (QED) is 0.224. The summed E-state index contributed by atoms with van der Waals surface area (Å²) >= 11 is 0. The third kappa shape index (κ3) is 7.24. The first-order chi connectivity index (χ1) is 22.5. The van der Waals surface area contributed by atoms with Crippen molar-refractivity contribution in [3.63, 3.8) is 0 Å². The molecular formula is C37H64O11. The summed E-state index contributed by atoms with van der Waals surface area (Å²) < 4.78 is 39.7. The molecule has 0 amide bonds. The second kappa shape index (κ2) is 14.6. The van der Waals surface area contributed by atoms with E-state index in [-0.39, 0.29) is 72.6 Å². The van der Waals surface area contributed by atoms with Gasteiger partial charge in [0.05, 0.1) is 60.5 Å². The zero-order chi connectivity index (χ0) is 35.2. The second-order valence-corrected chi connectivity index (χ2v) is 16.5. The molecule has 0 bridgehead atoms. The Balaban J connectivity index is 1.26. The van der Waals surface area contributed by atoms with Crippen molar-refractivity contribution in [2.24, 2.45) is 29.6 Å². The molecule has 4 N–H and O–H groups in total. The molecule has 0 saturated carbocycles. The van der Waals surface area contributed by atoms with Crippen molar-refractivity contribution >= 4 is 5.97 Å². The summed E-state index contributed by atoms with van der Waals surface area (Å²) in [6.07, 6.45) is 5.04. The molecular weight excluding hydrogens is 620 g/mol. The number of carbonyl (C=O) groups is 1. The van der Waals surface area contributed by atoms with Gasteiger partial charge < -0.3 is 48.8 Å². The smallest absolute Gasteiger partial charge is 0.303 e. The molecule has 16 atom stereocenters. The number of carboxylic acid groups (broad SMARTS) is 1. The van der Waals surface area contributed by atoms with Gasteiger partial charge in [-0.15, -0.1) is 0 Å². The summed E-state index contributed by atoms with van der Waals surface area (Å²) in [6, 6.07) is 0. The van der Waals surface area contributed by atoms with E-state index in [1.165, 1.54) is 0 Å². The van der Waals surface area contributed by atoms with E-state index in [1.54, 1.807) is 7.11 Å². The van der Waals surface area contributed by atoms with Crippen LogP contribution < -0.4 is 0 Å². The summed E-state index contributed by atoms with van der Waals surface area (Å²) in [7, 11) is 1.65. The van der Waals surface area contributed by atoms with Crippen molar-refractivity contribution in [2.45, 2.75) is 185 Å². The standard InChI is InChI=1S/C37H64O11/c1-9-35(33-22(3)18-28(44-33)31-21(2)17-23(4)37(42,20-38)47-31)14-13-29(45-35)34(7)15-16-36(48-34)19-26(39)24(5)32(46-36)25(6)27(43-8)11-10-12-30(40)41/h21-29,31-33,38-39,42H,9-20H2,1-8H3,(H,40,41)/t21-,22-,23+,24+,25?,26-,27?,28+,29+,31-,32-,33+,34-,35-,36+,37-/m0/s1. The van der Waals surface area contributed by atoms with Crippen LogP contribution in [0.5, 0.6) is 0 Å². The van der Waals surface area contributed by atoms with Gasteiger partial charge >= 0.3 is 5.97 Å². The number of carboxylic acids is 1. The van der Waals surface area contributed by atoms with Crippen LogP contribution in [0.25, 0.3) is 0 Å². The lowest BCUT2D eigenvalue weighted by atomic mass is 9.79. The van der Waals surface area contributed by atoms with Crippen LogP contribution in [0.1, 0.15) is 119 Å². The van der Waals surface area contributed by atoms with Crippen molar-refractivity contribution < 1.29 is 53.6 Å². The van der Waals surface area contributed by atoms with Gasteiger partial charge in [-0.3, -0.25) is 4.79 Å². The highest BCUT2D eigenvalue weighted by Gasteiger charge is 2.62. The van der Waals surface area contributed by atoms with Crippen LogP contribution in [0.4, 0.5) is 0 Å². The van der Waals surface area contributed by atoms with Gasteiger partial charge in [-0.25, -0.2) is 0 Å². The Kier molecular flexibility index (Phi) is 11.7. The molecule has 5 heterocycles. The van der Waals surface area contributed by atoms with Crippen LogP contribution in [-0.4, -0.2) is 106 Å². The number of rotatable bonds is 12. The van der Waals surface area contributed by atoms with Crippen molar-refractivity contribution in [1.82, 2.24) is 0 Å². The van der Waals surface area contributed by atoms with Gasteiger partial charge in [0.25, 0.3) is 0 Å². The van der Waals surface area contributed by atoms with Crippen LogP contribution in [0, 0.1) is 29.6 Å². The molecule has 48 heavy (non-hydrogen) atoms. The van der Waals surface area contributed by atoms with Crippen molar-refractivity contribution in [3.05, 3.63) is 0 Å². The molecule has 0 radical (unpaired) electrons. The van der Waals surface area contributed by atoms with E-state index in [1.807, 2.05) is 13.8 Å². The maximum absolute atomic E-state index is 11.3. The van der Waals surface area contributed by atoms with Crippen molar-refractivity contribution in [1.29, 1.82) is 0 Å². The lowest BCUT2D eigenvalue weighted by Gasteiger charge is -2.48. The first-order valence-electron chi connectivity index (χ1n) is 18.7. The average Bonchev–Trinajstić information content (AvgIpc) is 3.75. The molecule has 0 aromatic carbocycles. The van der Waals surface area contributed by atoms with Crippen LogP contribution in [0.2, 0.25) is 0 Å². The summed E-state index contributed by atoms with van der Waals surface area (Å²) in [4.78, 5) is 11.1. The number of aliphatic hydroxyl groups excluding tert-OH is 2. The van der Waals surface area contributed by atoms with E-state index in [9.17, 15) is 20.1 Å². The lowest BCUT2D eigenvalue weighted by Crippen LogP contribution is -2.56. The lowest BCUT2D eigenvalue weighted by molar-refractivity contribution is -0.336. The summed E-state index contributed by atoms with van der Waals surface area (Å²) in [5.41, 5.74) is -1.09.